The van der Waals surface area contributed by atoms with Gasteiger partial charge in [0.05, 0.1) is 5.02 Å². The van der Waals surface area contributed by atoms with Crippen LogP contribution in [0.2, 0.25) is 20.1 Å². The third-order valence-electron chi connectivity index (χ3n) is 4.39. The highest BCUT2D eigenvalue weighted by molar-refractivity contribution is 7.87. The lowest BCUT2D eigenvalue weighted by molar-refractivity contribution is 0.456. The Kier molecular flexibility index (Phi) is 5.98. The van der Waals surface area contributed by atoms with E-state index in [0.717, 1.165) is 18.2 Å². The quantitative estimate of drug-likeness (QED) is 0.311. The predicted octanol–water partition coefficient (Wildman–Crippen LogP) is 5.89. The Morgan fingerprint density at radius 2 is 1.31 bits per heavy atom. The van der Waals surface area contributed by atoms with Crippen molar-refractivity contribution in [3.8, 4) is 11.5 Å². The summed E-state index contributed by atoms with van der Waals surface area (Å²) in [7, 11) is -5.02. The van der Waals surface area contributed by atoms with Crippen LogP contribution in [0.1, 0.15) is 16.7 Å². The van der Waals surface area contributed by atoms with Crippen molar-refractivity contribution in [3.05, 3.63) is 91.4 Å². The fraction of sp³-hybridized carbons (Fsp3) is 0.0526. The standard InChI is InChI=1S/C19H12Cl4O5S/c20-11-3-1-10(2-4-11)19(29(26,27)28,13-6-5-12(24)7-15(13)21)14-8-17(23)18(25)9-16(14)22/h1-9,24-25H,(H,26,27,28). The second-order valence-corrected chi connectivity index (χ2v) is 9.33. The molecular formula is C19H12Cl4O5S. The van der Waals surface area contributed by atoms with E-state index in [0.29, 0.717) is 5.02 Å². The molecule has 0 aliphatic carbocycles. The minimum absolute atomic E-state index is 0.0562. The number of phenols is 2. The van der Waals surface area contributed by atoms with Gasteiger partial charge in [-0.15, -0.1) is 0 Å². The van der Waals surface area contributed by atoms with Gasteiger partial charge >= 0.3 is 0 Å². The molecule has 3 rings (SSSR count). The van der Waals surface area contributed by atoms with E-state index in [1.165, 1.54) is 36.4 Å². The Hall–Kier alpha value is -1.67. The first-order chi connectivity index (χ1) is 13.5. The third-order valence-corrected chi connectivity index (χ3v) is 7.01. The van der Waals surface area contributed by atoms with Crippen molar-refractivity contribution in [3.63, 3.8) is 0 Å². The summed E-state index contributed by atoms with van der Waals surface area (Å²) in [5.74, 6) is -0.591. The molecule has 0 heterocycles. The second kappa shape index (κ2) is 7.87. The molecule has 5 nitrogen and oxygen atoms in total. The van der Waals surface area contributed by atoms with Crippen LogP contribution in [0.3, 0.4) is 0 Å². The number of hydrogen-bond donors (Lipinski definition) is 3. The van der Waals surface area contributed by atoms with Crippen LogP contribution in [0.25, 0.3) is 0 Å². The van der Waals surface area contributed by atoms with Crippen molar-refractivity contribution in [1.82, 2.24) is 0 Å². The summed E-state index contributed by atoms with van der Waals surface area (Å²) in [6, 6.07) is 11.4. The van der Waals surface area contributed by atoms with E-state index >= 15 is 0 Å². The van der Waals surface area contributed by atoms with E-state index in [-0.39, 0.29) is 43.3 Å². The van der Waals surface area contributed by atoms with E-state index in [9.17, 15) is 23.2 Å². The summed E-state index contributed by atoms with van der Waals surface area (Å²) in [5.41, 5.74) is -0.189. The molecule has 3 aromatic carbocycles. The van der Waals surface area contributed by atoms with Gasteiger partial charge < -0.3 is 10.2 Å². The maximum atomic E-state index is 13.0. The van der Waals surface area contributed by atoms with Crippen molar-refractivity contribution < 1.29 is 23.2 Å². The monoisotopic (exact) mass is 492 g/mol. The van der Waals surface area contributed by atoms with Crippen LogP contribution in [0, 0.1) is 0 Å². The molecule has 3 N–H and O–H groups in total. The van der Waals surface area contributed by atoms with E-state index in [2.05, 4.69) is 0 Å². The molecule has 0 bridgehead atoms. The zero-order valence-electron chi connectivity index (χ0n) is 14.3. The number of halogens is 4. The van der Waals surface area contributed by atoms with Gasteiger partial charge in [0.1, 0.15) is 11.5 Å². The molecule has 152 valence electrons. The lowest BCUT2D eigenvalue weighted by Crippen LogP contribution is -2.38. The van der Waals surface area contributed by atoms with Crippen LogP contribution < -0.4 is 0 Å². The first-order valence-electron chi connectivity index (χ1n) is 7.89. The van der Waals surface area contributed by atoms with Gasteiger partial charge in [-0.25, -0.2) is 0 Å². The molecule has 0 aliphatic heterocycles. The highest BCUT2D eigenvalue weighted by Crippen LogP contribution is 2.50. The van der Waals surface area contributed by atoms with Gasteiger partial charge in [0.2, 0.25) is 0 Å². The molecule has 0 fully saturated rings. The molecular weight excluding hydrogens is 482 g/mol. The van der Waals surface area contributed by atoms with Crippen molar-refractivity contribution >= 4 is 56.5 Å². The summed E-state index contributed by atoms with van der Waals surface area (Å²) in [4.78, 5) is 0. The van der Waals surface area contributed by atoms with Gasteiger partial charge in [0, 0.05) is 32.3 Å². The number of benzene rings is 3. The normalized spacial score (nSPS) is 13.8. The first-order valence-corrected chi connectivity index (χ1v) is 10.8. The average molecular weight is 494 g/mol. The van der Waals surface area contributed by atoms with Crippen molar-refractivity contribution in [2.24, 2.45) is 0 Å². The Morgan fingerprint density at radius 3 is 1.86 bits per heavy atom. The molecule has 0 aromatic heterocycles. The Morgan fingerprint density at radius 1 is 0.724 bits per heavy atom. The number of rotatable bonds is 4. The fourth-order valence-electron chi connectivity index (χ4n) is 3.16. The van der Waals surface area contributed by atoms with Crippen LogP contribution in [0.5, 0.6) is 11.5 Å². The van der Waals surface area contributed by atoms with Crippen LogP contribution in [-0.2, 0) is 14.9 Å². The first kappa shape index (κ1) is 22.0. The molecule has 0 radical (unpaired) electrons. The van der Waals surface area contributed by atoms with Crippen LogP contribution in [0.15, 0.2) is 54.6 Å². The average Bonchev–Trinajstić information content (AvgIpc) is 2.61. The van der Waals surface area contributed by atoms with Crippen LogP contribution in [0.4, 0.5) is 0 Å². The molecule has 1 unspecified atom stereocenters. The van der Waals surface area contributed by atoms with Crippen molar-refractivity contribution in [1.29, 1.82) is 0 Å². The summed E-state index contributed by atoms with van der Waals surface area (Å²) in [5, 5.41) is 19.4. The lowest BCUT2D eigenvalue weighted by atomic mass is 9.83. The van der Waals surface area contributed by atoms with E-state index in [1.54, 1.807) is 0 Å². The SMILES string of the molecule is O=S(=O)(O)C(c1ccc(Cl)cc1)(c1ccc(O)cc1Cl)c1cc(Cl)c(O)cc1Cl. The predicted molar refractivity (Wildman–Crippen MR) is 114 cm³/mol. The fourth-order valence-corrected chi connectivity index (χ4v) is 5.52. The molecule has 0 saturated carbocycles. The molecule has 0 saturated heterocycles. The largest absolute Gasteiger partial charge is 0.508 e. The van der Waals surface area contributed by atoms with E-state index in [1.807, 2.05) is 0 Å². The molecule has 0 aliphatic rings. The lowest BCUT2D eigenvalue weighted by Gasteiger charge is -2.34. The highest BCUT2D eigenvalue weighted by atomic mass is 35.5. The van der Waals surface area contributed by atoms with Gasteiger partial charge in [-0.3, -0.25) is 4.55 Å². The highest BCUT2D eigenvalue weighted by Gasteiger charge is 2.51. The van der Waals surface area contributed by atoms with Crippen molar-refractivity contribution in [2.75, 3.05) is 0 Å². The number of aromatic hydroxyl groups is 2. The minimum atomic E-state index is -5.02. The van der Waals surface area contributed by atoms with E-state index in [4.69, 9.17) is 46.4 Å². The molecule has 3 aromatic rings. The zero-order chi connectivity index (χ0) is 21.6. The zero-order valence-corrected chi connectivity index (χ0v) is 18.1. The number of phenolic OH excluding ortho intramolecular Hbond substituents is 2. The summed E-state index contributed by atoms with van der Waals surface area (Å²) >= 11 is 24.6. The van der Waals surface area contributed by atoms with Gasteiger partial charge in [-0.1, -0.05) is 64.6 Å². The molecule has 0 amide bonds. The van der Waals surface area contributed by atoms with Gasteiger partial charge in [-0.2, -0.15) is 8.42 Å². The summed E-state index contributed by atoms with van der Waals surface area (Å²) in [6.07, 6.45) is 0. The maximum Gasteiger partial charge on any atom is 0.283 e. The van der Waals surface area contributed by atoms with Crippen molar-refractivity contribution in [2.45, 2.75) is 4.75 Å². The maximum absolute atomic E-state index is 13.0. The topological polar surface area (TPSA) is 94.8 Å². The van der Waals surface area contributed by atoms with Gasteiger partial charge in [-0.05, 0) is 35.9 Å². The Labute approximate surface area is 186 Å². The summed E-state index contributed by atoms with van der Waals surface area (Å²) < 4.78 is 34.1. The Balaban J connectivity index is 2.58. The van der Waals surface area contributed by atoms with Gasteiger partial charge in [0.25, 0.3) is 10.1 Å². The second-order valence-electron chi connectivity index (χ2n) is 6.11. The van der Waals surface area contributed by atoms with Crippen LogP contribution in [-0.4, -0.2) is 23.2 Å². The van der Waals surface area contributed by atoms with Gasteiger partial charge in [0.15, 0.2) is 4.75 Å². The number of hydrogen-bond acceptors (Lipinski definition) is 4. The van der Waals surface area contributed by atoms with Crippen LogP contribution >= 0.6 is 46.4 Å². The van der Waals surface area contributed by atoms with E-state index < -0.39 is 14.9 Å². The minimum Gasteiger partial charge on any atom is -0.508 e. The smallest absolute Gasteiger partial charge is 0.283 e. The summed E-state index contributed by atoms with van der Waals surface area (Å²) in [6.45, 7) is 0. The Bertz CT molecular complexity index is 1200. The molecule has 29 heavy (non-hydrogen) atoms. The molecule has 10 heteroatoms. The molecule has 0 spiro atoms. The third kappa shape index (κ3) is 3.77. The molecule has 1 atom stereocenters.